The molecule has 1 heterocycles. The highest BCUT2D eigenvalue weighted by atomic mass is 32.1. The quantitative estimate of drug-likeness (QED) is 0.697. The van der Waals surface area contributed by atoms with Gasteiger partial charge in [0.25, 0.3) is 5.91 Å². The van der Waals surface area contributed by atoms with Crippen molar-refractivity contribution in [3.63, 3.8) is 0 Å². The van der Waals surface area contributed by atoms with E-state index >= 15 is 0 Å². The van der Waals surface area contributed by atoms with E-state index in [0.717, 1.165) is 13.0 Å². The summed E-state index contributed by atoms with van der Waals surface area (Å²) in [5.74, 6) is -0.250. The van der Waals surface area contributed by atoms with Crippen LogP contribution in [0.4, 0.5) is 5.13 Å². The standard InChI is InChI=1S/C11H20N4O3S/c1-4-5-12-11-15-14-10(19-11)9(16)13-6-8(18-3)7-17-2/h8H,4-7H2,1-3H3,(H,12,15)(H,13,16). The Kier molecular flexibility index (Phi) is 7.31. The van der Waals surface area contributed by atoms with E-state index in [1.54, 1.807) is 14.2 Å². The average Bonchev–Trinajstić information content (AvgIpc) is 2.89. The normalized spacial score (nSPS) is 12.2. The minimum atomic E-state index is -0.250. The highest BCUT2D eigenvalue weighted by Crippen LogP contribution is 2.14. The first kappa shape index (κ1) is 15.8. The fourth-order valence-electron chi connectivity index (χ4n) is 1.30. The fraction of sp³-hybridized carbons (Fsp3) is 0.727. The molecule has 1 aromatic heterocycles. The maximum atomic E-state index is 11.8. The Labute approximate surface area is 116 Å². The Hall–Kier alpha value is -1.25. The second-order valence-corrected chi connectivity index (χ2v) is 4.84. The summed E-state index contributed by atoms with van der Waals surface area (Å²) < 4.78 is 10.1. The summed E-state index contributed by atoms with van der Waals surface area (Å²) in [6.45, 7) is 3.68. The van der Waals surface area contributed by atoms with Gasteiger partial charge in [-0.2, -0.15) is 0 Å². The lowest BCUT2D eigenvalue weighted by Gasteiger charge is -2.14. The molecule has 0 aliphatic rings. The van der Waals surface area contributed by atoms with Crippen molar-refractivity contribution in [3.8, 4) is 0 Å². The predicted molar refractivity (Wildman–Crippen MR) is 73.7 cm³/mol. The summed E-state index contributed by atoms with van der Waals surface area (Å²) in [4.78, 5) is 11.8. The molecule has 1 unspecified atom stereocenters. The number of amides is 1. The maximum absolute atomic E-state index is 11.8. The van der Waals surface area contributed by atoms with E-state index in [1.807, 2.05) is 0 Å². The van der Waals surface area contributed by atoms with Crippen LogP contribution in [0.5, 0.6) is 0 Å². The van der Waals surface area contributed by atoms with Gasteiger partial charge in [0.15, 0.2) is 0 Å². The molecular weight excluding hydrogens is 268 g/mol. The molecule has 19 heavy (non-hydrogen) atoms. The number of nitrogens with one attached hydrogen (secondary N) is 2. The number of ether oxygens (including phenoxy) is 2. The minimum Gasteiger partial charge on any atom is -0.382 e. The monoisotopic (exact) mass is 288 g/mol. The largest absolute Gasteiger partial charge is 0.382 e. The third-order valence-electron chi connectivity index (χ3n) is 2.32. The third kappa shape index (κ3) is 5.50. The number of methoxy groups -OCH3 is 2. The maximum Gasteiger partial charge on any atom is 0.282 e. The van der Waals surface area contributed by atoms with E-state index in [2.05, 4.69) is 27.8 Å². The zero-order chi connectivity index (χ0) is 14.1. The van der Waals surface area contributed by atoms with E-state index in [4.69, 9.17) is 9.47 Å². The summed E-state index contributed by atoms with van der Waals surface area (Å²) in [7, 11) is 3.16. The minimum absolute atomic E-state index is 0.167. The van der Waals surface area contributed by atoms with E-state index in [0.29, 0.717) is 23.3 Å². The summed E-state index contributed by atoms with van der Waals surface area (Å²) in [5.41, 5.74) is 0. The Morgan fingerprint density at radius 2 is 2.21 bits per heavy atom. The van der Waals surface area contributed by atoms with Crippen molar-refractivity contribution in [2.24, 2.45) is 0 Å². The van der Waals surface area contributed by atoms with Crippen molar-refractivity contribution in [1.82, 2.24) is 15.5 Å². The first-order chi connectivity index (χ1) is 9.21. The number of hydrogen-bond acceptors (Lipinski definition) is 7. The van der Waals surface area contributed by atoms with Gasteiger partial charge in [-0.3, -0.25) is 4.79 Å². The number of carbonyl (C=O) groups excluding carboxylic acids is 1. The van der Waals surface area contributed by atoms with Gasteiger partial charge in [-0.15, -0.1) is 10.2 Å². The van der Waals surface area contributed by atoms with E-state index in [-0.39, 0.29) is 12.0 Å². The lowest BCUT2D eigenvalue weighted by Crippen LogP contribution is -2.35. The number of carbonyl (C=O) groups is 1. The van der Waals surface area contributed by atoms with Gasteiger partial charge < -0.3 is 20.1 Å². The Bertz CT molecular complexity index is 386. The van der Waals surface area contributed by atoms with Crippen LogP contribution in [0.2, 0.25) is 0 Å². The molecule has 0 saturated carbocycles. The SMILES string of the molecule is CCCNc1nnc(C(=O)NCC(COC)OC)s1. The molecule has 108 valence electrons. The van der Waals surface area contributed by atoms with Gasteiger partial charge in [-0.1, -0.05) is 18.3 Å². The molecule has 8 heteroatoms. The Morgan fingerprint density at radius 1 is 1.42 bits per heavy atom. The number of aromatic nitrogens is 2. The van der Waals surface area contributed by atoms with Crippen molar-refractivity contribution in [2.75, 3.05) is 39.2 Å². The molecule has 2 N–H and O–H groups in total. The van der Waals surface area contributed by atoms with Crippen LogP contribution >= 0.6 is 11.3 Å². The molecule has 7 nitrogen and oxygen atoms in total. The van der Waals surface area contributed by atoms with Crippen LogP contribution in [0.25, 0.3) is 0 Å². The number of anilines is 1. The summed E-state index contributed by atoms with van der Waals surface area (Å²) >= 11 is 1.24. The van der Waals surface area contributed by atoms with E-state index in [1.165, 1.54) is 11.3 Å². The second-order valence-electron chi connectivity index (χ2n) is 3.86. The molecule has 0 spiro atoms. The smallest absolute Gasteiger partial charge is 0.282 e. The topological polar surface area (TPSA) is 85.4 Å². The molecular formula is C11H20N4O3S. The molecule has 0 aromatic carbocycles. The van der Waals surface area contributed by atoms with Crippen LogP contribution in [0.3, 0.4) is 0 Å². The fourth-order valence-corrected chi connectivity index (χ4v) is 1.98. The van der Waals surface area contributed by atoms with Gasteiger partial charge >= 0.3 is 0 Å². The highest BCUT2D eigenvalue weighted by molar-refractivity contribution is 7.17. The van der Waals surface area contributed by atoms with Crippen LogP contribution in [0, 0.1) is 0 Å². The van der Waals surface area contributed by atoms with Gasteiger partial charge in [0.2, 0.25) is 10.1 Å². The van der Waals surface area contributed by atoms with Crippen LogP contribution in [-0.4, -0.2) is 56.1 Å². The Morgan fingerprint density at radius 3 is 2.84 bits per heavy atom. The van der Waals surface area contributed by atoms with E-state index in [9.17, 15) is 4.79 Å². The molecule has 0 saturated heterocycles. The van der Waals surface area contributed by atoms with E-state index < -0.39 is 0 Å². The van der Waals surface area contributed by atoms with Crippen molar-refractivity contribution in [2.45, 2.75) is 19.4 Å². The van der Waals surface area contributed by atoms with Crippen molar-refractivity contribution >= 4 is 22.4 Å². The first-order valence-electron chi connectivity index (χ1n) is 6.08. The van der Waals surface area contributed by atoms with Crippen molar-refractivity contribution in [3.05, 3.63) is 5.01 Å². The zero-order valence-electron chi connectivity index (χ0n) is 11.4. The number of hydrogen-bond donors (Lipinski definition) is 2. The van der Waals surface area contributed by atoms with Gasteiger partial charge in [0.05, 0.1) is 12.7 Å². The molecule has 1 rings (SSSR count). The van der Waals surface area contributed by atoms with Crippen LogP contribution in [0.15, 0.2) is 0 Å². The van der Waals surface area contributed by atoms with Crippen molar-refractivity contribution in [1.29, 1.82) is 0 Å². The number of nitrogens with zero attached hydrogens (tertiary/aromatic N) is 2. The summed E-state index contributed by atoms with van der Waals surface area (Å²) in [5, 5.41) is 14.6. The molecule has 1 amide bonds. The van der Waals surface area contributed by atoms with Gasteiger partial charge in [-0.25, -0.2) is 0 Å². The lowest BCUT2D eigenvalue weighted by molar-refractivity contribution is 0.0285. The molecule has 1 aromatic rings. The first-order valence-corrected chi connectivity index (χ1v) is 6.90. The van der Waals surface area contributed by atoms with Crippen LogP contribution < -0.4 is 10.6 Å². The van der Waals surface area contributed by atoms with Crippen molar-refractivity contribution < 1.29 is 14.3 Å². The summed E-state index contributed by atoms with van der Waals surface area (Å²) in [6.07, 6.45) is 0.827. The summed E-state index contributed by atoms with van der Waals surface area (Å²) in [6, 6.07) is 0. The molecule has 0 bridgehead atoms. The molecule has 0 aliphatic carbocycles. The third-order valence-corrected chi connectivity index (χ3v) is 3.20. The molecule has 1 atom stereocenters. The molecule has 0 fully saturated rings. The predicted octanol–water partition coefficient (Wildman–Crippen LogP) is 0.751. The van der Waals surface area contributed by atoms with Crippen LogP contribution in [0.1, 0.15) is 23.1 Å². The second kappa shape index (κ2) is 8.78. The lowest BCUT2D eigenvalue weighted by atomic mass is 10.3. The zero-order valence-corrected chi connectivity index (χ0v) is 12.2. The molecule has 0 radical (unpaired) electrons. The highest BCUT2D eigenvalue weighted by Gasteiger charge is 2.14. The number of rotatable bonds is 9. The Balaban J connectivity index is 2.42. The van der Waals surface area contributed by atoms with Gasteiger partial charge in [-0.05, 0) is 6.42 Å². The van der Waals surface area contributed by atoms with Crippen LogP contribution in [-0.2, 0) is 9.47 Å². The molecule has 0 aliphatic heterocycles. The van der Waals surface area contributed by atoms with Gasteiger partial charge in [0.1, 0.15) is 0 Å². The average molecular weight is 288 g/mol. The van der Waals surface area contributed by atoms with Gasteiger partial charge in [0, 0.05) is 27.3 Å².